The van der Waals surface area contributed by atoms with Crippen LogP contribution in [0.3, 0.4) is 0 Å². The molecule has 0 saturated heterocycles. The third-order valence-corrected chi connectivity index (χ3v) is 3.31. The lowest BCUT2D eigenvalue weighted by Gasteiger charge is -2.09. The number of terminal acetylenes is 1. The van der Waals surface area contributed by atoms with Crippen LogP contribution in [0.25, 0.3) is 0 Å². The summed E-state index contributed by atoms with van der Waals surface area (Å²) in [5.74, 6) is 5.48. The van der Waals surface area contributed by atoms with Crippen molar-refractivity contribution < 1.29 is 14.2 Å². The minimum Gasteiger partial charge on any atom is -0.494 e. The quantitative estimate of drug-likeness (QED) is 0.389. The van der Waals surface area contributed by atoms with Gasteiger partial charge < -0.3 is 14.2 Å². The van der Waals surface area contributed by atoms with Crippen molar-refractivity contribution in [3.05, 3.63) is 48.5 Å². The van der Waals surface area contributed by atoms with Gasteiger partial charge in [-0.2, -0.15) is 0 Å². The second-order valence-electron chi connectivity index (χ2n) is 4.43. The molecule has 0 atom stereocenters. The molecule has 4 heteroatoms. The molecule has 0 fully saturated rings. The molecule has 2 aromatic rings. The van der Waals surface area contributed by atoms with Gasteiger partial charge in [0.25, 0.3) is 0 Å². The van der Waals surface area contributed by atoms with E-state index in [1.54, 1.807) is 0 Å². The second kappa shape index (κ2) is 9.01. The molecule has 2 rings (SSSR count). The van der Waals surface area contributed by atoms with Crippen molar-refractivity contribution in [1.29, 1.82) is 0 Å². The van der Waals surface area contributed by atoms with Crippen LogP contribution in [-0.4, -0.2) is 18.5 Å². The molecule has 0 radical (unpaired) electrons. The van der Waals surface area contributed by atoms with Crippen LogP contribution < -0.4 is 14.2 Å². The van der Waals surface area contributed by atoms with Gasteiger partial charge in [0, 0.05) is 5.33 Å². The number of alkyl halides is 1. The van der Waals surface area contributed by atoms with E-state index in [9.17, 15) is 0 Å². The molecule has 0 aliphatic rings. The molecule has 0 aliphatic heterocycles. The molecule has 0 spiro atoms. The van der Waals surface area contributed by atoms with Crippen molar-refractivity contribution in [2.24, 2.45) is 0 Å². The lowest BCUT2D eigenvalue weighted by Crippen LogP contribution is -1.97. The van der Waals surface area contributed by atoms with Gasteiger partial charge in [-0.15, -0.1) is 6.42 Å². The van der Waals surface area contributed by atoms with Gasteiger partial charge in [0.1, 0.15) is 29.6 Å². The van der Waals surface area contributed by atoms with E-state index >= 15 is 0 Å². The number of ether oxygens (including phenoxy) is 3. The largest absolute Gasteiger partial charge is 0.494 e. The first-order valence-electron chi connectivity index (χ1n) is 6.95. The van der Waals surface area contributed by atoms with Crippen LogP contribution in [-0.2, 0) is 0 Å². The average Bonchev–Trinajstić information content (AvgIpc) is 2.56. The topological polar surface area (TPSA) is 27.7 Å². The smallest absolute Gasteiger partial charge is 0.148 e. The van der Waals surface area contributed by atoms with Crippen LogP contribution >= 0.6 is 15.9 Å². The van der Waals surface area contributed by atoms with Crippen LogP contribution in [0.4, 0.5) is 0 Å². The Morgan fingerprint density at radius 1 is 0.818 bits per heavy atom. The zero-order chi connectivity index (χ0) is 15.6. The number of halogens is 1. The molecule has 3 nitrogen and oxygen atoms in total. The first kappa shape index (κ1) is 16.3. The summed E-state index contributed by atoms with van der Waals surface area (Å²) in [5, 5.41) is 0.940. The lowest BCUT2D eigenvalue weighted by atomic mass is 10.3. The molecular weight excluding hydrogens is 344 g/mol. The second-order valence-corrected chi connectivity index (χ2v) is 5.22. The Morgan fingerprint density at radius 2 is 1.32 bits per heavy atom. The molecular formula is C18H17BrO3. The highest BCUT2D eigenvalue weighted by molar-refractivity contribution is 9.09. The van der Waals surface area contributed by atoms with Crippen molar-refractivity contribution in [3.8, 4) is 35.3 Å². The average molecular weight is 361 g/mol. The number of hydrogen-bond donors (Lipinski definition) is 0. The third-order valence-electron chi connectivity index (χ3n) is 2.75. The van der Waals surface area contributed by atoms with Gasteiger partial charge in [-0.3, -0.25) is 0 Å². The monoisotopic (exact) mass is 360 g/mol. The van der Waals surface area contributed by atoms with Gasteiger partial charge in [0.05, 0.1) is 6.61 Å². The van der Waals surface area contributed by atoms with Gasteiger partial charge in [-0.25, -0.2) is 0 Å². The van der Waals surface area contributed by atoms with E-state index in [0.717, 1.165) is 34.7 Å². The van der Waals surface area contributed by atoms with Gasteiger partial charge in [0.2, 0.25) is 0 Å². The standard InChI is InChI=1S/C18H17BrO3/c1-2-13-20-15-4-8-17(9-5-15)22-18-10-6-16(7-11-18)21-14-3-12-19/h1,4-11H,3,12-14H2. The van der Waals surface area contributed by atoms with Gasteiger partial charge in [-0.1, -0.05) is 21.9 Å². The van der Waals surface area contributed by atoms with Crippen LogP contribution in [0.15, 0.2) is 48.5 Å². The Bertz CT molecular complexity index is 600. The van der Waals surface area contributed by atoms with E-state index in [4.69, 9.17) is 20.6 Å². The summed E-state index contributed by atoms with van der Waals surface area (Å²) < 4.78 is 16.7. The Labute approximate surface area is 139 Å². The summed E-state index contributed by atoms with van der Waals surface area (Å²) in [6.45, 7) is 0.960. The minimum atomic E-state index is 0.261. The van der Waals surface area contributed by atoms with Crippen molar-refractivity contribution in [2.45, 2.75) is 6.42 Å². The van der Waals surface area contributed by atoms with E-state index in [1.165, 1.54) is 0 Å². The Kier molecular flexibility index (Phi) is 6.66. The molecule has 0 aromatic heterocycles. The maximum atomic E-state index is 5.76. The molecule has 114 valence electrons. The van der Waals surface area contributed by atoms with E-state index in [-0.39, 0.29) is 6.61 Å². The highest BCUT2D eigenvalue weighted by atomic mass is 79.9. The molecule has 0 heterocycles. The fourth-order valence-corrected chi connectivity index (χ4v) is 1.94. The first-order valence-corrected chi connectivity index (χ1v) is 8.07. The lowest BCUT2D eigenvalue weighted by molar-refractivity contribution is 0.318. The van der Waals surface area contributed by atoms with Crippen LogP contribution in [0, 0.1) is 12.3 Å². The summed E-state index contributed by atoms with van der Waals surface area (Å²) in [6.07, 6.45) is 6.13. The van der Waals surface area contributed by atoms with E-state index < -0.39 is 0 Å². The molecule has 0 amide bonds. The van der Waals surface area contributed by atoms with Crippen LogP contribution in [0.2, 0.25) is 0 Å². The van der Waals surface area contributed by atoms with E-state index in [2.05, 4.69) is 21.9 Å². The molecule has 0 unspecified atom stereocenters. The van der Waals surface area contributed by atoms with Gasteiger partial charge >= 0.3 is 0 Å². The zero-order valence-corrected chi connectivity index (χ0v) is 13.7. The Morgan fingerprint density at radius 3 is 1.82 bits per heavy atom. The maximum Gasteiger partial charge on any atom is 0.148 e. The van der Waals surface area contributed by atoms with Gasteiger partial charge in [0.15, 0.2) is 0 Å². The predicted molar refractivity (Wildman–Crippen MR) is 91.2 cm³/mol. The summed E-state index contributed by atoms with van der Waals surface area (Å²) in [7, 11) is 0. The molecule has 0 N–H and O–H groups in total. The molecule has 0 bridgehead atoms. The molecule has 0 aliphatic carbocycles. The summed E-state index contributed by atoms with van der Waals surface area (Å²) in [4.78, 5) is 0. The number of hydrogen-bond acceptors (Lipinski definition) is 3. The summed E-state index contributed by atoms with van der Waals surface area (Å²) in [5.41, 5.74) is 0. The maximum absolute atomic E-state index is 5.76. The fourth-order valence-electron chi connectivity index (χ4n) is 1.71. The molecule has 2 aromatic carbocycles. The van der Waals surface area contributed by atoms with Gasteiger partial charge in [-0.05, 0) is 55.0 Å². The molecule has 22 heavy (non-hydrogen) atoms. The van der Waals surface area contributed by atoms with Crippen LogP contribution in [0.5, 0.6) is 23.0 Å². The molecule has 0 saturated carbocycles. The Hall–Kier alpha value is -2.12. The van der Waals surface area contributed by atoms with Crippen molar-refractivity contribution >= 4 is 15.9 Å². The minimum absolute atomic E-state index is 0.261. The normalized spacial score (nSPS) is 9.82. The highest BCUT2D eigenvalue weighted by Crippen LogP contribution is 2.25. The summed E-state index contributed by atoms with van der Waals surface area (Å²) in [6, 6.07) is 14.9. The Balaban J connectivity index is 1.89. The highest BCUT2D eigenvalue weighted by Gasteiger charge is 2.00. The first-order chi connectivity index (χ1) is 10.8. The third kappa shape index (κ3) is 5.34. The van der Waals surface area contributed by atoms with E-state index in [1.807, 2.05) is 48.5 Å². The van der Waals surface area contributed by atoms with E-state index in [0.29, 0.717) is 6.61 Å². The summed E-state index contributed by atoms with van der Waals surface area (Å²) >= 11 is 3.37. The van der Waals surface area contributed by atoms with Crippen LogP contribution in [0.1, 0.15) is 6.42 Å². The number of rotatable bonds is 8. The number of benzene rings is 2. The van der Waals surface area contributed by atoms with Crippen molar-refractivity contribution in [1.82, 2.24) is 0 Å². The van der Waals surface area contributed by atoms with Crippen molar-refractivity contribution in [3.63, 3.8) is 0 Å². The SMILES string of the molecule is C#CCOc1ccc(Oc2ccc(OCCCBr)cc2)cc1. The fraction of sp³-hybridized carbons (Fsp3) is 0.222. The van der Waals surface area contributed by atoms with Crippen molar-refractivity contribution in [2.75, 3.05) is 18.5 Å². The zero-order valence-electron chi connectivity index (χ0n) is 12.1. The predicted octanol–water partition coefficient (Wildman–Crippen LogP) is 4.65.